The minimum absolute atomic E-state index is 0.124. The van der Waals surface area contributed by atoms with Crippen molar-refractivity contribution in [3.63, 3.8) is 0 Å². The van der Waals surface area contributed by atoms with Crippen LogP contribution < -0.4 is 10.2 Å². The highest BCUT2D eigenvalue weighted by Crippen LogP contribution is 2.24. The zero-order valence-corrected chi connectivity index (χ0v) is 12.7. The Kier molecular flexibility index (Phi) is 6.85. The van der Waals surface area contributed by atoms with E-state index in [0.717, 1.165) is 43.7 Å². The van der Waals surface area contributed by atoms with Crippen LogP contribution in [0.5, 0.6) is 0 Å². The molecule has 0 saturated carbocycles. The molecule has 108 valence electrons. The third-order valence-electron chi connectivity index (χ3n) is 3.48. The number of para-hydroxylation sites is 1. The molecule has 0 aromatic heterocycles. The summed E-state index contributed by atoms with van der Waals surface area (Å²) in [5, 5.41) is 3.35. The van der Waals surface area contributed by atoms with Crippen molar-refractivity contribution in [1.29, 1.82) is 0 Å². The summed E-state index contributed by atoms with van der Waals surface area (Å²) in [5.41, 5.74) is 1.78. The maximum absolute atomic E-state index is 14.1. The molecule has 1 N–H and O–H groups in total. The summed E-state index contributed by atoms with van der Waals surface area (Å²) < 4.78 is 14.1. The highest BCUT2D eigenvalue weighted by Gasteiger charge is 2.14. The van der Waals surface area contributed by atoms with Gasteiger partial charge in [-0.1, -0.05) is 39.3 Å². The molecule has 0 saturated heterocycles. The molecule has 1 rings (SSSR count). The third-order valence-corrected chi connectivity index (χ3v) is 3.48. The van der Waals surface area contributed by atoms with Crippen molar-refractivity contribution in [2.75, 3.05) is 25.0 Å². The second-order valence-electron chi connectivity index (χ2n) is 5.32. The van der Waals surface area contributed by atoms with Crippen LogP contribution in [0.4, 0.5) is 10.1 Å². The van der Waals surface area contributed by atoms with E-state index < -0.39 is 0 Å². The smallest absolute Gasteiger partial charge is 0.146 e. The van der Waals surface area contributed by atoms with Crippen molar-refractivity contribution >= 4 is 5.69 Å². The van der Waals surface area contributed by atoms with Crippen LogP contribution in [0.25, 0.3) is 0 Å². The normalized spacial score (nSPS) is 12.5. The number of hydrogen-bond acceptors (Lipinski definition) is 2. The van der Waals surface area contributed by atoms with E-state index in [2.05, 4.69) is 26.1 Å². The largest absolute Gasteiger partial charge is 0.372 e. The van der Waals surface area contributed by atoms with Crippen LogP contribution in [-0.2, 0) is 6.54 Å². The van der Waals surface area contributed by atoms with Gasteiger partial charge < -0.3 is 10.2 Å². The molecule has 1 aromatic rings. The standard InChI is InChI=1S/C16H27FN2/c1-5-10-18-11-14-8-7-9-15(17)16(14)19(4)12-13(3)6-2/h7-9,13,18H,5-6,10-12H2,1-4H3. The average Bonchev–Trinajstić information content (AvgIpc) is 2.38. The van der Waals surface area contributed by atoms with Crippen LogP contribution in [-0.4, -0.2) is 20.1 Å². The molecule has 1 aromatic carbocycles. The molecular formula is C16H27FN2. The molecule has 0 bridgehead atoms. The van der Waals surface area contributed by atoms with Crippen molar-refractivity contribution in [3.05, 3.63) is 29.6 Å². The molecule has 19 heavy (non-hydrogen) atoms. The number of hydrogen-bond donors (Lipinski definition) is 1. The highest BCUT2D eigenvalue weighted by molar-refractivity contribution is 5.54. The first-order valence-electron chi connectivity index (χ1n) is 7.29. The van der Waals surface area contributed by atoms with Crippen LogP contribution in [0.3, 0.4) is 0 Å². The Balaban J connectivity index is 2.84. The lowest BCUT2D eigenvalue weighted by Crippen LogP contribution is -2.27. The molecule has 0 aliphatic heterocycles. The number of anilines is 1. The predicted octanol–water partition coefficient (Wildman–Crippen LogP) is 3.81. The molecule has 0 heterocycles. The topological polar surface area (TPSA) is 15.3 Å². The first-order valence-corrected chi connectivity index (χ1v) is 7.29. The van der Waals surface area contributed by atoms with Crippen LogP contribution in [0.2, 0.25) is 0 Å². The summed E-state index contributed by atoms with van der Waals surface area (Å²) in [4.78, 5) is 2.05. The molecule has 0 aliphatic carbocycles. The van der Waals surface area contributed by atoms with E-state index in [-0.39, 0.29) is 5.82 Å². The zero-order chi connectivity index (χ0) is 14.3. The number of rotatable bonds is 8. The molecular weight excluding hydrogens is 239 g/mol. The van der Waals surface area contributed by atoms with E-state index in [9.17, 15) is 4.39 Å². The number of nitrogens with one attached hydrogen (secondary N) is 1. The first-order chi connectivity index (χ1) is 9.10. The van der Waals surface area contributed by atoms with E-state index in [1.807, 2.05) is 18.0 Å². The second kappa shape index (κ2) is 8.16. The van der Waals surface area contributed by atoms with E-state index >= 15 is 0 Å². The van der Waals surface area contributed by atoms with Gasteiger partial charge in [-0.2, -0.15) is 0 Å². The van der Waals surface area contributed by atoms with E-state index in [4.69, 9.17) is 0 Å². The second-order valence-corrected chi connectivity index (χ2v) is 5.32. The SMILES string of the molecule is CCCNCc1cccc(F)c1N(C)CC(C)CC. The van der Waals surface area contributed by atoms with Crippen molar-refractivity contribution in [2.45, 2.75) is 40.2 Å². The molecule has 0 radical (unpaired) electrons. The van der Waals surface area contributed by atoms with Gasteiger partial charge in [0.1, 0.15) is 5.82 Å². The van der Waals surface area contributed by atoms with Crippen LogP contribution in [0.15, 0.2) is 18.2 Å². The van der Waals surface area contributed by atoms with Gasteiger partial charge in [0.25, 0.3) is 0 Å². The van der Waals surface area contributed by atoms with E-state index in [1.54, 1.807) is 12.1 Å². The fourth-order valence-corrected chi connectivity index (χ4v) is 2.22. The van der Waals surface area contributed by atoms with Gasteiger partial charge in [-0.3, -0.25) is 0 Å². The number of nitrogens with zero attached hydrogens (tertiary/aromatic N) is 1. The van der Waals surface area contributed by atoms with Crippen molar-refractivity contribution in [2.24, 2.45) is 5.92 Å². The quantitative estimate of drug-likeness (QED) is 0.720. The zero-order valence-electron chi connectivity index (χ0n) is 12.7. The van der Waals surface area contributed by atoms with Crippen LogP contribution in [0, 0.1) is 11.7 Å². The van der Waals surface area contributed by atoms with Crippen molar-refractivity contribution in [1.82, 2.24) is 5.32 Å². The maximum Gasteiger partial charge on any atom is 0.146 e. The maximum atomic E-state index is 14.1. The first kappa shape index (κ1) is 16.0. The van der Waals surface area contributed by atoms with Gasteiger partial charge in [-0.15, -0.1) is 0 Å². The lowest BCUT2D eigenvalue weighted by molar-refractivity contribution is 0.547. The molecule has 1 unspecified atom stereocenters. The Morgan fingerprint density at radius 2 is 2.05 bits per heavy atom. The van der Waals surface area contributed by atoms with Gasteiger partial charge in [0.2, 0.25) is 0 Å². The molecule has 0 fully saturated rings. The van der Waals surface area contributed by atoms with Gasteiger partial charge in [0, 0.05) is 20.1 Å². The summed E-state index contributed by atoms with van der Waals surface area (Å²) in [7, 11) is 1.98. The minimum atomic E-state index is -0.124. The minimum Gasteiger partial charge on any atom is -0.372 e. The highest BCUT2D eigenvalue weighted by atomic mass is 19.1. The fourth-order valence-electron chi connectivity index (χ4n) is 2.22. The summed E-state index contributed by atoms with van der Waals surface area (Å²) >= 11 is 0. The Bertz CT molecular complexity index is 379. The molecule has 0 amide bonds. The van der Waals surface area contributed by atoms with Gasteiger partial charge in [0.05, 0.1) is 5.69 Å². The average molecular weight is 266 g/mol. The van der Waals surface area contributed by atoms with Crippen molar-refractivity contribution < 1.29 is 4.39 Å². The fraction of sp³-hybridized carbons (Fsp3) is 0.625. The summed E-state index contributed by atoms with van der Waals surface area (Å²) in [5.74, 6) is 0.447. The Hall–Kier alpha value is -1.09. The molecule has 3 heteroatoms. The molecule has 0 aliphatic rings. The van der Waals surface area contributed by atoms with Gasteiger partial charge >= 0.3 is 0 Å². The Morgan fingerprint density at radius 1 is 1.32 bits per heavy atom. The Morgan fingerprint density at radius 3 is 2.68 bits per heavy atom. The third kappa shape index (κ3) is 4.83. The van der Waals surface area contributed by atoms with Crippen LogP contribution in [0.1, 0.15) is 39.2 Å². The summed E-state index contributed by atoms with van der Waals surface area (Å²) in [6.07, 6.45) is 2.20. The van der Waals surface area contributed by atoms with Crippen LogP contribution >= 0.6 is 0 Å². The lowest BCUT2D eigenvalue weighted by Gasteiger charge is -2.26. The molecule has 2 nitrogen and oxygen atoms in total. The van der Waals surface area contributed by atoms with Gasteiger partial charge in [-0.05, 0) is 30.5 Å². The molecule has 0 spiro atoms. The Labute approximate surface area is 117 Å². The summed E-state index contributed by atoms with van der Waals surface area (Å²) in [6, 6.07) is 5.35. The number of halogens is 1. The monoisotopic (exact) mass is 266 g/mol. The summed E-state index contributed by atoms with van der Waals surface area (Å²) in [6.45, 7) is 9.08. The van der Waals surface area contributed by atoms with E-state index in [0.29, 0.717) is 5.92 Å². The van der Waals surface area contributed by atoms with E-state index in [1.165, 1.54) is 0 Å². The van der Waals surface area contributed by atoms with Gasteiger partial charge in [-0.25, -0.2) is 4.39 Å². The molecule has 1 atom stereocenters. The van der Waals surface area contributed by atoms with Gasteiger partial charge in [0.15, 0.2) is 0 Å². The lowest BCUT2D eigenvalue weighted by atomic mass is 10.1. The number of benzene rings is 1. The van der Waals surface area contributed by atoms with Crippen molar-refractivity contribution in [3.8, 4) is 0 Å². The predicted molar refractivity (Wildman–Crippen MR) is 81.1 cm³/mol.